The summed E-state index contributed by atoms with van der Waals surface area (Å²) < 4.78 is 8.99. The molecule has 0 fully saturated rings. The van der Waals surface area contributed by atoms with Crippen molar-refractivity contribution in [2.75, 3.05) is 7.11 Å². The van der Waals surface area contributed by atoms with E-state index in [1.165, 1.54) is 0 Å². The minimum Gasteiger partial charge on any atom is -0.497 e. The first-order valence-electron chi connectivity index (χ1n) is 9.68. The molecular weight excluding hydrogens is 376 g/mol. The number of aromatic nitrogens is 4. The molecule has 0 bridgehead atoms. The summed E-state index contributed by atoms with van der Waals surface area (Å²) in [5.74, 6) is 0.764. The lowest BCUT2D eigenvalue weighted by Crippen LogP contribution is -2.20. The molecule has 0 amide bonds. The van der Waals surface area contributed by atoms with Gasteiger partial charge in [0.1, 0.15) is 11.4 Å². The van der Waals surface area contributed by atoms with Crippen molar-refractivity contribution in [1.29, 1.82) is 0 Å². The van der Waals surface area contributed by atoms with Crippen molar-refractivity contribution in [2.24, 2.45) is 0 Å². The van der Waals surface area contributed by atoms with Crippen LogP contribution in [0.25, 0.3) is 27.5 Å². The number of pyridine rings is 3. The molecule has 6 heteroatoms. The summed E-state index contributed by atoms with van der Waals surface area (Å²) in [5, 5.41) is 1.45. The molecule has 30 heavy (non-hydrogen) atoms. The van der Waals surface area contributed by atoms with Crippen LogP contribution in [0.4, 0.5) is 0 Å². The average Bonchev–Trinajstić information content (AvgIpc) is 3.17. The normalized spacial score (nSPS) is 11.3. The first kappa shape index (κ1) is 18.1. The molecule has 4 heterocycles. The van der Waals surface area contributed by atoms with E-state index < -0.39 is 0 Å². The van der Waals surface area contributed by atoms with Gasteiger partial charge < -0.3 is 13.7 Å². The molecule has 1 aromatic carbocycles. The van der Waals surface area contributed by atoms with Crippen LogP contribution in [-0.4, -0.2) is 26.0 Å². The number of fused-ring (bicyclic) bond motifs is 2. The van der Waals surface area contributed by atoms with Crippen molar-refractivity contribution < 1.29 is 4.74 Å². The van der Waals surface area contributed by atoms with Crippen LogP contribution in [0.1, 0.15) is 11.3 Å². The molecule has 148 valence electrons. The van der Waals surface area contributed by atoms with Gasteiger partial charge in [0.25, 0.3) is 5.56 Å². The highest BCUT2D eigenvalue weighted by Gasteiger charge is 2.11. The Morgan fingerprint density at radius 3 is 2.80 bits per heavy atom. The van der Waals surface area contributed by atoms with Crippen molar-refractivity contribution >= 4 is 16.4 Å². The molecule has 0 aliphatic rings. The number of aryl methyl sites for hydroxylation is 1. The topological polar surface area (TPSA) is 61.4 Å². The fraction of sp³-hybridized carbons (Fsp3) is 0.125. The fourth-order valence-corrected chi connectivity index (χ4v) is 3.76. The van der Waals surface area contributed by atoms with Gasteiger partial charge in [-0.3, -0.25) is 9.78 Å². The van der Waals surface area contributed by atoms with E-state index in [1.807, 2.05) is 72.4 Å². The molecule has 4 aromatic heterocycles. The van der Waals surface area contributed by atoms with E-state index in [0.717, 1.165) is 39.2 Å². The van der Waals surface area contributed by atoms with Crippen LogP contribution in [0.15, 0.2) is 78.2 Å². The van der Waals surface area contributed by atoms with Gasteiger partial charge in [-0.15, -0.1) is 0 Å². The zero-order chi connectivity index (χ0) is 20.7. The third-order valence-electron chi connectivity index (χ3n) is 5.26. The van der Waals surface area contributed by atoms with E-state index in [2.05, 4.69) is 9.97 Å². The maximum atomic E-state index is 13.2. The molecule has 6 nitrogen and oxygen atoms in total. The van der Waals surface area contributed by atoms with Crippen molar-refractivity contribution in [1.82, 2.24) is 18.9 Å². The maximum Gasteiger partial charge on any atom is 0.260 e. The van der Waals surface area contributed by atoms with Gasteiger partial charge in [-0.2, -0.15) is 0 Å². The lowest BCUT2D eigenvalue weighted by molar-refractivity contribution is 0.415. The predicted octanol–water partition coefficient (Wildman–Crippen LogP) is 4.08. The number of ether oxygens (including phenoxy) is 1. The smallest absolute Gasteiger partial charge is 0.260 e. The summed E-state index contributed by atoms with van der Waals surface area (Å²) in [6, 6.07) is 13.7. The van der Waals surface area contributed by atoms with Gasteiger partial charge in [-0.25, -0.2) is 4.98 Å². The fourth-order valence-electron chi connectivity index (χ4n) is 3.76. The van der Waals surface area contributed by atoms with Gasteiger partial charge in [-0.05, 0) is 47.7 Å². The van der Waals surface area contributed by atoms with Gasteiger partial charge in [0.05, 0.1) is 24.7 Å². The Labute approximate surface area is 173 Å². The Kier molecular flexibility index (Phi) is 4.32. The van der Waals surface area contributed by atoms with Crippen molar-refractivity contribution in [3.63, 3.8) is 0 Å². The molecule has 0 saturated carbocycles. The lowest BCUT2D eigenvalue weighted by Gasteiger charge is -2.10. The van der Waals surface area contributed by atoms with Crippen LogP contribution in [0.5, 0.6) is 5.75 Å². The van der Waals surface area contributed by atoms with Gasteiger partial charge in [-0.1, -0.05) is 18.2 Å². The van der Waals surface area contributed by atoms with Crippen LogP contribution < -0.4 is 10.3 Å². The van der Waals surface area contributed by atoms with Crippen LogP contribution in [0.2, 0.25) is 0 Å². The Hall–Kier alpha value is -3.93. The predicted molar refractivity (Wildman–Crippen MR) is 117 cm³/mol. The van der Waals surface area contributed by atoms with E-state index in [1.54, 1.807) is 24.1 Å². The van der Waals surface area contributed by atoms with Crippen LogP contribution >= 0.6 is 0 Å². The number of methoxy groups -OCH3 is 1. The van der Waals surface area contributed by atoms with Crippen molar-refractivity contribution in [3.8, 4) is 16.9 Å². The second-order valence-electron chi connectivity index (χ2n) is 7.33. The van der Waals surface area contributed by atoms with E-state index >= 15 is 0 Å². The molecule has 0 spiro atoms. The molecule has 5 rings (SSSR count). The zero-order valence-corrected chi connectivity index (χ0v) is 16.7. The summed E-state index contributed by atoms with van der Waals surface area (Å²) in [7, 11) is 1.64. The Morgan fingerprint density at radius 1 is 1.03 bits per heavy atom. The highest BCUT2D eigenvalue weighted by molar-refractivity contribution is 5.95. The highest BCUT2D eigenvalue weighted by Crippen LogP contribution is 2.28. The molecular formula is C24H20N4O2. The zero-order valence-electron chi connectivity index (χ0n) is 16.7. The van der Waals surface area contributed by atoms with Gasteiger partial charge in [0.2, 0.25) is 0 Å². The molecule has 0 saturated heterocycles. The van der Waals surface area contributed by atoms with Crippen LogP contribution in [0, 0.1) is 6.92 Å². The summed E-state index contributed by atoms with van der Waals surface area (Å²) in [4.78, 5) is 22.1. The maximum absolute atomic E-state index is 13.2. The molecule has 0 atom stereocenters. The number of rotatable bonds is 4. The SMILES string of the molecule is COc1cccc(-c2cncc3c(=O)n(Cc4cn5cc(C)ccc5n4)ccc23)c1. The first-order valence-corrected chi connectivity index (χ1v) is 9.68. The summed E-state index contributed by atoms with van der Waals surface area (Å²) >= 11 is 0. The monoisotopic (exact) mass is 396 g/mol. The molecule has 0 aliphatic heterocycles. The highest BCUT2D eigenvalue weighted by atomic mass is 16.5. The lowest BCUT2D eigenvalue weighted by atomic mass is 10.0. The standard InChI is InChI=1S/C24H20N4O2/c1-16-6-7-23-26-18(15-28(23)13-16)14-27-9-8-20-21(11-25-12-22(20)24(27)29)17-4-3-5-19(10-17)30-2/h3-13,15H,14H2,1-2H3. The molecule has 0 N–H and O–H groups in total. The van der Waals surface area contributed by atoms with Gasteiger partial charge in [0.15, 0.2) is 0 Å². The van der Waals surface area contributed by atoms with E-state index in [4.69, 9.17) is 4.74 Å². The summed E-state index contributed by atoms with van der Waals surface area (Å²) in [5.41, 5.74) is 4.63. The Balaban J connectivity index is 1.58. The van der Waals surface area contributed by atoms with E-state index in [9.17, 15) is 4.79 Å². The minimum atomic E-state index is -0.0852. The second-order valence-corrected chi connectivity index (χ2v) is 7.33. The number of imidazole rings is 1. The third kappa shape index (κ3) is 3.12. The van der Waals surface area contributed by atoms with Crippen LogP contribution in [0.3, 0.4) is 0 Å². The van der Waals surface area contributed by atoms with E-state index in [-0.39, 0.29) is 5.56 Å². The van der Waals surface area contributed by atoms with Gasteiger partial charge >= 0.3 is 0 Å². The number of benzene rings is 1. The summed E-state index contributed by atoms with van der Waals surface area (Å²) in [6.07, 6.45) is 9.23. The molecule has 5 aromatic rings. The quantitative estimate of drug-likeness (QED) is 0.459. The Bertz CT molecular complexity index is 1450. The van der Waals surface area contributed by atoms with Crippen LogP contribution in [-0.2, 0) is 6.54 Å². The van der Waals surface area contributed by atoms with Crippen molar-refractivity contribution in [2.45, 2.75) is 13.5 Å². The molecule has 0 aliphatic carbocycles. The number of nitrogens with zero attached hydrogens (tertiary/aromatic N) is 4. The minimum absolute atomic E-state index is 0.0852. The third-order valence-corrected chi connectivity index (χ3v) is 5.26. The molecule has 0 radical (unpaired) electrons. The van der Waals surface area contributed by atoms with E-state index in [0.29, 0.717) is 11.9 Å². The average molecular weight is 396 g/mol. The first-order chi connectivity index (χ1) is 14.6. The van der Waals surface area contributed by atoms with Crippen molar-refractivity contribution in [3.05, 3.63) is 95.1 Å². The summed E-state index contributed by atoms with van der Waals surface area (Å²) in [6.45, 7) is 2.44. The molecule has 0 unspecified atom stereocenters. The Morgan fingerprint density at radius 2 is 1.93 bits per heavy atom. The van der Waals surface area contributed by atoms with Gasteiger partial charge in [0, 0.05) is 36.5 Å². The number of hydrogen-bond donors (Lipinski definition) is 0. The second kappa shape index (κ2) is 7.15. The number of hydrogen-bond acceptors (Lipinski definition) is 4. The largest absolute Gasteiger partial charge is 0.497 e.